The summed E-state index contributed by atoms with van der Waals surface area (Å²) in [7, 11) is -3.52. The molecule has 0 aliphatic rings. The van der Waals surface area contributed by atoms with Gasteiger partial charge in [0.05, 0.1) is 17.1 Å². The molecular formula is C13H13BrN2O2S. The number of aryl methyl sites for hydroxylation is 1. The van der Waals surface area contributed by atoms with Crippen molar-refractivity contribution >= 4 is 26.0 Å². The van der Waals surface area contributed by atoms with Crippen LogP contribution in [0.4, 0.5) is 0 Å². The third kappa shape index (κ3) is 3.62. The molecule has 0 aliphatic carbocycles. The van der Waals surface area contributed by atoms with E-state index in [0.29, 0.717) is 0 Å². The molecule has 1 aromatic carbocycles. The van der Waals surface area contributed by atoms with Crippen molar-refractivity contribution in [1.29, 1.82) is 0 Å². The number of hydrogen-bond acceptors (Lipinski definition) is 3. The van der Waals surface area contributed by atoms with Crippen LogP contribution in [0.25, 0.3) is 0 Å². The summed E-state index contributed by atoms with van der Waals surface area (Å²) in [5.74, 6) is 0. The van der Waals surface area contributed by atoms with Gasteiger partial charge in [-0.25, -0.2) is 13.1 Å². The van der Waals surface area contributed by atoms with Gasteiger partial charge in [-0.15, -0.1) is 0 Å². The maximum absolute atomic E-state index is 12.1. The van der Waals surface area contributed by atoms with Crippen molar-refractivity contribution in [2.45, 2.75) is 18.4 Å². The molecule has 6 heteroatoms. The molecule has 4 nitrogen and oxygen atoms in total. The highest BCUT2D eigenvalue weighted by Crippen LogP contribution is 2.16. The molecule has 0 saturated carbocycles. The molecule has 0 fully saturated rings. The standard InChI is InChI=1S/C13H13BrN2O2S/c1-10-4-3-7-15-13(10)9-16-19(17,18)12-6-2-5-11(14)8-12/h2-8,16H,9H2,1H3. The van der Waals surface area contributed by atoms with Crippen molar-refractivity contribution in [2.24, 2.45) is 0 Å². The summed E-state index contributed by atoms with van der Waals surface area (Å²) in [6.45, 7) is 2.08. The molecule has 0 saturated heterocycles. The fourth-order valence-corrected chi connectivity index (χ4v) is 3.17. The first-order valence-electron chi connectivity index (χ1n) is 5.65. The number of pyridine rings is 1. The predicted octanol–water partition coefficient (Wildman–Crippen LogP) is 2.63. The average Bonchev–Trinajstić information content (AvgIpc) is 2.38. The first-order chi connectivity index (χ1) is 8.99. The van der Waals surface area contributed by atoms with Crippen molar-refractivity contribution < 1.29 is 8.42 Å². The van der Waals surface area contributed by atoms with Crippen LogP contribution in [0.2, 0.25) is 0 Å². The SMILES string of the molecule is Cc1cccnc1CNS(=O)(=O)c1cccc(Br)c1. The summed E-state index contributed by atoms with van der Waals surface area (Å²) in [6.07, 6.45) is 1.65. The first-order valence-corrected chi connectivity index (χ1v) is 7.92. The fourth-order valence-electron chi connectivity index (χ4n) is 1.58. The van der Waals surface area contributed by atoms with Crippen molar-refractivity contribution in [2.75, 3.05) is 0 Å². The van der Waals surface area contributed by atoms with Gasteiger partial charge in [0.1, 0.15) is 0 Å². The Morgan fingerprint density at radius 3 is 2.74 bits per heavy atom. The molecule has 2 aromatic rings. The molecule has 0 radical (unpaired) electrons. The molecule has 1 aromatic heterocycles. The van der Waals surface area contributed by atoms with Gasteiger partial charge in [0.15, 0.2) is 0 Å². The van der Waals surface area contributed by atoms with Crippen LogP contribution in [-0.4, -0.2) is 13.4 Å². The number of hydrogen-bond donors (Lipinski definition) is 1. The molecular weight excluding hydrogens is 328 g/mol. The van der Waals surface area contributed by atoms with E-state index in [9.17, 15) is 8.42 Å². The second-order valence-electron chi connectivity index (χ2n) is 4.05. The van der Waals surface area contributed by atoms with E-state index >= 15 is 0 Å². The molecule has 0 atom stereocenters. The normalized spacial score (nSPS) is 11.5. The molecule has 2 rings (SSSR count). The Kier molecular flexibility index (Phi) is 4.34. The second-order valence-corrected chi connectivity index (χ2v) is 6.73. The molecule has 100 valence electrons. The van der Waals surface area contributed by atoms with Crippen LogP contribution in [0, 0.1) is 6.92 Å². The largest absolute Gasteiger partial charge is 0.260 e. The van der Waals surface area contributed by atoms with Crippen LogP contribution in [0.15, 0.2) is 52.0 Å². The Balaban J connectivity index is 2.17. The van der Waals surface area contributed by atoms with Crippen LogP contribution in [-0.2, 0) is 16.6 Å². The van der Waals surface area contributed by atoms with E-state index < -0.39 is 10.0 Å². The summed E-state index contributed by atoms with van der Waals surface area (Å²) in [6, 6.07) is 10.3. The lowest BCUT2D eigenvalue weighted by atomic mass is 10.2. The van der Waals surface area contributed by atoms with E-state index in [1.807, 2.05) is 19.1 Å². The molecule has 0 spiro atoms. The number of halogens is 1. The number of nitrogens with one attached hydrogen (secondary N) is 1. The van der Waals surface area contributed by atoms with Crippen molar-refractivity contribution in [1.82, 2.24) is 9.71 Å². The van der Waals surface area contributed by atoms with Gasteiger partial charge in [-0.2, -0.15) is 0 Å². The van der Waals surface area contributed by atoms with Gasteiger partial charge < -0.3 is 0 Å². The molecule has 0 amide bonds. The minimum absolute atomic E-state index is 0.182. The monoisotopic (exact) mass is 340 g/mol. The third-order valence-corrected chi connectivity index (χ3v) is 4.55. The van der Waals surface area contributed by atoms with Gasteiger partial charge in [0, 0.05) is 10.7 Å². The van der Waals surface area contributed by atoms with E-state index in [0.717, 1.165) is 15.7 Å². The lowest BCUT2D eigenvalue weighted by Gasteiger charge is -2.08. The van der Waals surface area contributed by atoms with Gasteiger partial charge in [-0.3, -0.25) is 4.98 Å². The molecule has 0 unspecified atom stereocenters. The molecule has 1 heterocycles. The summed E-state index contributed by atoms with van der Waals surface area (Å²) in [5, 5.41) is 0. The van der Waals surface area contributed by atoms with Gasteiger partial charge in [0.2, 0.25) is 10.0 Å². The lowest BCUT2D eigenvalue weighted by Crippen LogP contribution is -2.24. The topological polar surface area (TPSA) is 59.1 Å². The Labute approximate surface area is 121 Å². The molecule has 0 bridgehead atoms. The zero-order valence-electron chi connectivity index (χ0n) is 10.3. The number of benzene rings is 1. The Morgan fingerprint density at radius 2 is 2.05 bits per heavy atom. The Hall–Kier alpha value is -1.24. The quantitative estimate of drug-likeness (QED) is 0.930. The van der Waals surface area contributed by atoms with Crippen molar-refractivity contribution in [3.63, 3.8) is 0 Å². The number of sulfonamides is 1. The maximum Gasteiger partial charge on any atom is 0.240 e. The number of aromatic nitrogens is 1. The second kappa shape index (κ2) is 5.81. The highest BCUT2D eigenvalue weighted by molar-refractivity contribution is 9.10. The minimum atomic E-state index is -3.52. The number of rotatable bonds is 4. The van der Waals surface area contributed by atoms with Gasteiger partial charge in [-0.1, -0.05) is 28.1 Å². The van der Waals surface area contributed by atoms with Gasteiger partial charge >= 0.3 is 0 Å². The third-order valence-electron chi connectivity index (χ3n) is 2.65. The van der Waals surface area contributed by atoms with Crippen molar-refractivity contribution in [3.05, 3.63) is 58.3 Å². The highest BCUT2D eigenvalue weighted by Gasteiger charge is 2.14. The van der Waals surface area contributed by atoms with Crippen LogP contribution in [0.5, 0.6) is 0 Å². The summed E-state index contributed by atoms with van der Waals surface area (Å²) in [4.78, 5) is 4.39. The van der Waals surface area contributed by atoms with E-state index in [1.165, 1.54) is 0 Å². The average molecular weight is 341 g/mol. The van der Waals surface area contributed by atoms with Crippen LogP contribution in [0.1, 0.15) is 11.3 Å². The van der Waals surface area contributed by atoms with Gasteiger partial charge in [0.25, 0.3) is 0 Å². The Morgan fingerprint density at radius 1 is 1.26 bits per heavy atom. The molecule has 19 heavy (non-hydrogen) atoms. The Bertz CT molecular complexity index is 687. The summed E-state index contributed by atoms with van der Waals surface area (Å²) < 4.78 is 27.5. The molecule has 1 N–H and O–H groups in total. The van der Waals surface area contributed by atoms with E-state index in [4.69, 9.17) is 0 Å². The zero-order valence-corrected chi connectivity index (χ0v) is 12.7. The van der Waals surface area contributed by atoms with Crippen LogP contribution < -0.4 is 4.72 Å². The number of nitrogens with zero attached hydrogens (tertiary/aromatic N) is 1. The minimum Gasteiger partial charge on any atom is -0.260 e. The van der Waals surface area contributed by atoms with E-state index in [1.54, 1.807) is 30.5 Å². The van der Waals surface area contributed by atoms with Crippen LogP contribution in [0.3, 0.4) is 0 Å². The fraction of sp³-hybridized carbons (Fsp3) is 0.154. The highest BCUT2D eigenvalue weighted by atomic mass is 79.9. The first kappa shape index (κ1) is 14.2. The van der Waals surface area contributed by atoms with E-state index in [-0.39, 0.29) is 11.4 Å². The smallest absolute Gasteiger partial charge is 0.240 e. The zero-order chi connectivity index (χ0) is 13.9. The van der Waals surface area contributed by atoms with E-state index in [2.05, 4.69) is 25.6 Å². The van der Waals surface area contributed by atoms with Crippen molar-refractivity contribution in [3.8, 4) is 0 Å². The predicted molar refractivity (Wildman–Crippen MR) is 77.1 cm³/mol. The maximum atomic E-state index is 12.1. The van der Waals surface area contributed by atoms with Gasteiger partial charge in [-0.05, 0) is 36.8 Å². The molecule has 0 aliphatic heterocycles. The lowest BCUT2D eigenvalue weighted by molar-refractivity contribution is 0.580. The summed E-state index contributed by atoms with van der Waals surface area (Å²) >= 11 is 3.26. The summed E-state index contributed by atoms with van der Waals surface area (Å²) in [5.41, 5.74) is 1.68. The van der Waals surface area contributed by atoms with Crippen LogP contribution >= 0.6 is 15.9 Å².